The summed E-state index contributed by atoms with van der Waals surface area (Å²) < 4.78 is 66.4. The molecular formula is C26H27FN2O6S2. The van der Waals surface area contributed by atoms with E-state index in [-0.39, 0.29) is 33.3 Å². The zero-order valence-corrected chi connectivity index (χ0v) is 21.9. The van der Waals surface area contributed by atoms with Crippen LogP contribution in [0, 0.1) is 12.7 Å². The van der Waals surface area contributed by atoms with Gasteiger partial charge in [-0.05, 0) is 60.9 Å². The molecule has 3 aromatic carbocycles. The van der Waals surface area contributed by atoms with Gasteiger partial charge in [0.2, 0.25) is 0 Å². The summed E-state index contributed by atoms with van der Waals surface area (Å²) in [5.74, 6) is -1.61. The number of benzene rings is 3. The van der Waals surface area contributed by atoms with Gasteiger partial charge in [0, 0.05) is 12.1 Å². The molecule has 1 amide bonds. The lowest BCUT2D eigenvalue weighted by Gasteiger charge is -2.30. The molecule has 0 spiro atoms. The summed E-state index contributed by atoms with van der Waals surface area (Å²) in [7, 11) is -7.36. The molecule has 1 atom stereocenters. The van der Waals surface area contributed by atoms with E-state index in [1.54, 1.807) is 6.07 Å². The van der Waals surface area contributed by atoms with Crippen LogP contribution in [-0.2, 0) is 26.3 Å². The average Bonchev–Trinajstić information content (AvgIpc) is 2.87. The summed E-state index contributed by atoms with van der Waals surface area (Å²) in [5.41, 5.74) is 1.87. The number of anilines is 1. The molecule has 0 saturated carbocycles. The highest BCUT2D eigenvalue weighted by Crippen LogP contribution is 2.33. The summed E-state index contributed by atoms with van der Waals surface area (Å²) in [6.45, 7) is 3.00. The highest BCUT2D eigenvalue weighted by atomic mass is 32.2. The molecule has 8 nitrogen and oxygen atoms in total. The number of nitrogens with one attached hydrogen (secondary N) is 1. The first-order valence-electron chi connectivity index (χ1n) is 11.6. The Hall–Kier alpha value is -3.28. The number of aliphatic hydroxyl groups is 1. The van der Waals surface area contributed by atoms with Crippen LogP contribution in [-0.4, -0.2) is 46.8 Å². The van der Waals surface area contributed by atoms with Crippen LogP contribution >= 0.6 is 0 Å². The molecule has 0 aromatic heterocycles. The number of halogens is 1. The summed E-state index contributed by atoms with van der Waals surface area (Å²) in [6, 6.07) is 13.5. The summed E-state index contributed by atoms with van der Waals surface area (Å²) >= 11 is 0. The van der Waals surface area contributed by atoms with Gasteiger partial charge < -0.3 is 10.4 Å². The van der Waals surface area contributed by atoms with Crippen molar-refractivity contribution < 1.29 is 31.1 Å². The quantitative estimate of drug-likeness (QED) is 0.470. The van der Waals surface area contributed by atoms with Gasteiger partial charge in [-0.15, -0.1) is 0 Å². The number of amides is 1. The first kappa shape index (κ1) is 26.8. The van der Waals surface area contributed by atoms with Crippen LogP contribution in [0.1, 0.15) is 40.0 Å². The van der Waals surface area contributed by atoms with Crippen LogP contribution < -0.4 is 9.62 Å². The molecule has 4 rings (SSSR count). The molecule has 37 heavy (non-hydrogen) atoms. The molecule has 0 fully saturated rings. The maximum atomic E-state index is 15.1. The Labute approximate surface area is 215 Å². The maximum Gasteiger partial charge on any atom is 0.264 e. The third-order valence-electron chi connectivity index (χ3n) is 6.36. The van der Waals surface area contributed by atoms with Crippen molar-refractivity contribution in [3.8, 4) is 0 Å². The number of carbonyl (C=O) groups excluding carboxylic acids is 1. The van der Waals surface area contributed by atoms with Crippen molar-refractivity contribution in [2.75, 3.05) is 23.2 Å². The molecule has 1 heterocycles. The summed E-state index contributed by atoms with van der Waals surface area (Å²) in [6.07, 6.45) is 0.425. The molecular weight excluding hydrogens is 519 g/mol. The minimum Gasteiger partial charge on any atom is -0.394 e. The number of nitrogens with zero attached hydrogens (tertiary/aromatic N) is 1. The van der Waals surface area contributed by atoms with Crippen molar-refractivity contribution in [1.29, 1.82) is 0 Å². The fourth-order valence-electron chi connectivity index (χ4n) is 4.27. The van der Waals surface area contributed by atoms with Gasteiger partial charge >= 0.3 is 0 Å². The number of hydrogen-bond donors (Lipinski definition) is 2. The van der Waals surface area contributed by atoms with Gasteiger partial charge in [0.25, 0.3) is 15.9 Å². The zero-order valence-electron chi connectivity index (χ0n) is 20.3. The van der Waals surface area contributed by atoms with Gasteiger partial charge in [0.15, 0.2) is 9.84 Å². The molecule has 3 aromatic rings. The fraction of sp³-hybridized carbons (Fsp3) is 0.269. The summed E-state index contributed by atoms with van der Waals surface area (Å²) in [4.78, 5) is 13.1. The largest absolute Gasteiger partial charge is 0.394 e. The molecule has 0 bridgehead atoms. The lowest BCUT2D eigenvalue weighted by molar-refractivity contribution is 0.0915. The predicted octanol–water partition coefficient (Wildman–Crippen LogP) is 3.14. The van der Waals surface area contributed by atoms with Crippen molar-refractivity contribution in [1.82, 2.24) is 5.32 Å². The van der Waals surface area contributed by atoms with Crippen LogP contribution in [0.15, 0.2) is 70.5 Å². The average molecular weight is 547 g/mol. The van der Waals surface area contributed by atoms with Crippen LogP contribution in [0.4, 0.5) is 10.1 Å². The van der Waals surface area contributed by atoms with Crippen LogP contribution in [0.5, 0.6) is 0 Å². The number of fused-ring (bicyclic) bond motifs is 1. The number of carbonyl (C=O) groups is 1. The third kappa shape index (κ3) is 5.25. The number of hydrogen-bond acceptors (Lipinski definition) is 6. The Morgan fingerprint density at radius 2 is 1.81 bits per heavy atom. The Bertz CT molecular complexity index is 1550. The molecule has 196 valence electrons. The van der Waals surface area contributed by atoms with E-state index in [0.29, 0.717) is 17.5 Å². The maximum absolute atomic E-state index is 15.1. The van der Waals surface area contributed by atoms with E-state index in [1.165, 1.54) is 49.4 Å². The first-order chi connectivity index (χ1) is 17.5. The molecule has 1 aliphatic heterocycles. The zero-order chi connectivity index (χ0) is 27.0. The van der Waals surface area contributed by atoms with E-state index in [0.717, 1.165) is 15.9 Å². The lowest BCUT2D eigenvalue weighted by Crippen LogP contribution is -2.38. The summed E-state index contributed by atoms with van der Waals surface area (Å²) in [5, 5.41) is 12.4. The molecule has 11 heteroatoms. The predicted molar refractivity (Wildman–Crippen MR) is 137 cm³/mol. The van der Waals surface area contributed by atoms with E-state index in [1.807, 2.05) is 13.0 Å². The van der Waals surface area contributed by atoms with E-state index in [2.05, 4.69) is 5.32 Å². The Kier molecular flexibility index (Phi) is 7.40. The van der Waals surface area contributed by atoms with Crippen LogP contribution in [0.3, 0.4) is 0 Å². The number of aliphatic hydroxyl groups excluding tert-OH is 1. The van der Waals surface area contributed by atoms with E-state index in [4.69, 9.17) is 0 Å². The number of sulfone groups is 1. The van der Waals surface area contributed by atoms with E-state index < -0.39 is 44.2 Å². The highest BCUT2D eigenvalue weighted by molar-refractivity contribution is 7.93. The Balaban J connectivity index is 1.54. The molecule has 2 N–H and O–H groups in total. The second-order valence-electron chi connectivity index (χ2n) is 8.79. The van der Waals surface area contributed by atoms with Crippen molar-refractivity contribution in [3.63, 3.8) is 0 Å². The highest BCUT2D eigenvalue weighted by Gasteiger charge is 2.33. The first-order valence-corrected chi connectivity index (χ1v) is 14.7. The lowest BCUT2D eigenvalue weighted by atomic mass is 10.1. The van der Waals surface area contributed by atoms with Crippen LogP contribution in [0.2, 0.25) is 0 Å². The smallest absolute Gasteiger partial charge is 0.264 e. The van der Waals surface area contributed by atoms with Gasteiger partial charge in [0.1, 0.15) is 5.82 Å². The van der Waals surface area contributed by atoms with Gasteiger partial charge in [-0.2, -0.15) is 0 Å². The van der Waals surface area contributed by atoms with Gasteiger partial charge in [-0.25, -0.2) is 21.2 Å². The van der Waals surface area contributed by atoms with Crippen LogP contribution in [0.25, 0.3) is 0 Å². The minimum absolute atomic E-state index is 0.0566. The number of rotatable bonds is 7. The second-order valence-corrected chi connectivity index (χ2v) is 12.9. The second kappa shape index (κ2) is 10.2. The molecule has 0 radical (unpaired) electrons. The number of sulfonamides is 1. The Morgan fingerprint density at radius 1 is 1.11 bits per heavy atom. The van der Waals surface area contributed by atoms with E-state index >= 15 is 4.39 Å². The normalized spacial score (nSPS) is 15.6. The fourth-order valence-corrected chi connectivity index (χ4v) is 6.86. The molecule has 0 unspecified atom stereocenters. The topological polar surface area (TPSA) is 121 Å². The SMILES string of the molecule is CCS(=O)(=O)c1ccc([C@H](CO)NC(=O)c2ccc(N3CCc4cc(C)ccc4S3(=O)=O)c(F)c2)cc1. The molecule has 0 aliphatic carbocycles. The van der Waals surface area contributed by atoms with Crippen molar-refractivity contribution >= 4 is 31.5 Å². The standard InChI is InChI=1S/C26H27FN2O6S2/c1-3-36(32,33)21-8-5-18(6-9-21)23(16-30)28-26(31)20-7-10-24(22(27)15-20)29-13-12-19-14-17(2)4-11-25(19)37(29,34)35/h4-11,14-15,23,30H,3,12-13,16H2,1-2H3,(H,28,31)/t23-/m0/s1. The van der Waals surface area contributed by atoms with Gasteiger partial charge in [0.05, 0.1) is 33.9 Å². The third-order valence-corrected chi connectivity index (χ3v) is 10.0. The molecule has 1 aliphatic rings. The monoisotopic (exact) mass is 546 g/mol. The van der Waals surface area contributed by atoms with Gasteiger partial charge in [-0.1, -0.05) is 36.8 Å². The van der Waals surface area contributed by atoms with Crippen molar-refractivity contribution in [2.24, 2.45) is 0 Å². The van der Waals surface area contributed by atoms with E-state index in [9.17, 15) is 26.7 Å². The number of aryl methyl sites for hydroxylation is 1. The minimum atomic E-state index is -3.97. The molecule has 0 saturated heterocycles. The Morgan fingerprint density at radius 3 is 2.43 bits per heavy atom. The van der Waals surface area contributed by atoms with Crippen molar-refractivity contribution in [3.05, 3.63) is 88.7 Å². The van der Waals surface area contributed by atoms with Gasteiger partial charge in [-0.3, -0.25) is 9.10 Å². The van der Waals surface area contributed by atoms with Crippen molar-refractivity contribution in [2.45, 2.75) is 36.1 Å².